The molecule has 0 aromatic heterocycles. The van der Waals surface area contributed by atoms with E-state index in [1.165, 1.54) is 6.21 Å². The summed E-state index contributed by atoms with van der Waals surface area (Å²) in [5.41, 5.74) is 4.35. The summed E-state index contributed by atoms with van der Waals surface area (Å²) in [6, 6.07) is 18.3. The molecule has 0 aliphatic carbocycles. The molecule has 0 unspecified atom stereocenters. The lowest BCUT2D eigenvalue weighted by molar-refractivity contribution is -0.136. The first-order chi connectivity index (χ1) is 16.4. The van der Waals surface area contributed by atoms with Crippen molar-refractivity contribution >= 4 is 41.3 Å². The van der Waals surface area contributed by atoms with Gasteiger partial charge in [0.05, 0.1) is 18.4 Å². The number of hydrazone groups is 1. The fourth-order valence-electron chi connectivity index (χ4n) is 2.77. The molecular formula is C25H22ClN3O5. The number of nitrogens with zero attached hydrogens (tertiary/aromatic N) is 1. The van der Waals surface area contributed by atoms with Crippen molar-refractivity contribution < 1.29 is 23.9 Å². The van der Waals surface area contributed by atoms with Gasteiger partial charge in [-0.3, -0.25) is 9.59 Å². The maximum absolute atomic E-state index is 12.3. The number of rotatable bonds is 7. The monoisotopic (exact) mass is 479 g/mol. The van der Waals surface area contributed by atoms with Gasteiger partial charge in [-0.1, -0.05) is 35.9 Å². The van der Waals surface area contributed by atoms with Crippen LogP contribution in [0.3, 0.4) is 0 Å². The molecule has 0 bridgehead atoms. The molecule has 2 amide bonds. The van der Waals surface area contributed by atoms with Gasteiger partial charge in [0, 0.05) is 10.7 Å². The van der Waals surface area contributed by atoms with Crippen LogP contribution in [0.5, 0.6) is 11.5 Å². The molecule has 0 heterocycles. The van der Waals surface area contributed by atoms with E-state index >= 15 is 0 Å². The number of benzene rings is 3. The van der Waals surface area contributed by atoms with Crippen molar-refractivity contribution in [3.63, 3.8) is 0 Å². The number of amides is 2. The molecule has 0 radical (unpaired) electrons. The summed E-state index contributed by atoms with van der Waals surface area (Å²) in [4.78, 5) is 36.4. The van der Waals surface area contributed by atoms with Crippen LogP contribution in [0.15, 0.2) is 71.8 Å². The van der Waals surface area contributed by atoms with Gasteiger partial charge in [-0.05, 0) is 67.4 Å². The predicted octanol–water partition coefficient (Wildman–Crippen LogP) is 4.36. The van der Waals surface area contributed by atoms with Gasteiger partial charge in [0.1, 0.15) is 0 Å². The molecule has 9 heteroatoms. The highest BCUT2D eigenvalue weighted by Gasteiger charge is 2.14. The summed E-state index contributed by atoms with van der Waals surface area (Å²) in [6.07, 6.45) is 1.33. The van der Waals surface area contributed by atoms with E-state index < -0.39 is 17.8 Å². The zero-order valence-corrected chi connectivity index (χ0v) is 19.3. The first-order valence-electron chi connectivity index (χ1n) is 10.3. The minimum atomic E-state index is -0.952. The lowest BCUT2D eigenvalue weighted by Crippen LogP contribution is -2.32. The highest BCUT2D eigenvalue weighted by Crippen LogP contribution is 2.29. The second kappa shape index (κ2) is 11.6. The van der Waals surface area contributed by atoms with Crippen LogP contribution in [0.1, 0.15) is 28.4 Å². The molecule has 0 fully saturated rings. The van der Waals surface area contributed by atoms with E-state index in [1.54, 1.807) is 73.7 Å². The molecule has 0 saturated carbocycles. The molecule has 0 atom stereocenters. The van der Waals surface area contributed by atoms with Gasteiger partial charge in [0.2, 0.25) is 0 Å². The van der Waals surface area contributed by atoms with Crippen LogP contribution in [0.2, 0.25) is 5.02 Å². The van der Waals surface area contributed by atoms with Gasteiger partial charge in [-0.25, -0.2) is 10.2 Å². The molecule has 0 aliphatic heterocycles. The van der Waals surface area contributed by atoms with Crippen LogP contribution in [-0.2, 0) is 9.59 Å². The van der Waals surface area contributed by atoms with Crippen molar-refractivity contribution in [1.82, 2.24) is 5.43 Å². The largest absolute Gasteiger partial charge is 0.490 e. The molecule has 174 valence electrons. The minimum Gasteiger partial charge on any atom is -0.490 e. The first kappa shape index (κ1) is 24.5. The predicted molar refractivity (Wildman–Crippen MR) is 130 cm³/mol. The Morgan fingerprint density at radius 2 is 1.74 bits per heavy atom. The number of ether oxygens (including phenoxy) is 2. The molecule has 0 aliphatic rings. The number of halogens is 1. The molecule has 3 rings (SSSR count). The molecular weight excluding hydrogens is 458 g/mol. The van der Waals surface area contributed by atoms with E-state index in [0.29, 0.717) is 34.2 Å². The van der Waals surface area contributed by atoms with E-state index in [9.17, 15) is 14.4 Å². The first-order valence-corrected chi connectivity index (χ1v) is 10.7. The third-order valence-electron chi connectivity index (χ3n) is 4.50. The average Bonchev–Trinajstić information content (AvgIpc) is 2.83. The zero-order chi connectivity index (χ0) is 24.5. The highest BCUT2D eigenvalue weighted by atomic mass is 35.5. The van der Waals surface area contributed by atoms with Crippen molar-refractivity contribution in [1.29, 1.82) is 0 Å². The lowest BCUT2D eigenvalue weighted by atomic mass is 10.2. The van der Waals surface area contributed by atoms with Gasteiger partial charge in [-0.15, -0.1) is 0 Å². The summed E-state index contributed by atoms with van der Waals surface area (Å²) < 4.78 is 11.0. The Morgan fingerprint density at radius 1 is 0.971 bits per heavy atom. The van der Waals surface area contributed by atoms with Crippen molar-refractivity contribution in [2.75, 3.05) is 11.9 Å². The lowest BCUT2D eigenvalue weighted by Gasteiger charge is -2.11. The molecule has 8 nitrogen and oxygen atoms in total. The van der Waals surface area contributed by atoms with E-state index in [-0.39, 0.29) is 5.75 Å². The Morgan fingerprint density at radius 3 is 2.44 bits per heavy atom. The Hall–Kier alpha value is -4.17. The van der Waals surface area contributed by atoms with Crippen molar-refractivity contribution in [3.8, 4) is 11.5 Å². The van der Waals surface area contributed by atoms with Crippen molar-refractivity contribution in [3.05, 3.63) is 88.4 Å². The maximum Gasteiger partial charge on any atom is 0.343 e. The minimum absolute atomic E-state index is 0.244. The van der Waals surface area contributed by atoms with E-state index in [0.717, 1.165) is 5.56 Å². The van der Waals surface area contributed by atoms with E-state index in [1.807, 2.05) is 6.92 Å². The molecule has 3 aromatic rings. The molecule has 0 saturated heterocycles. The topological polar surface area (TPSA) is 106 Å². The van der Waals surface area contributed by atoms with Gasteiger partial charge in [-0.2, -0.15) is 5.10 Å². The van der Waals surface area contributed by atoms with Crippen LogP contribution >= 0.6 is 11.6 Å². The third-order valence-corrected chi connectivity index (χ3v) is 4.90. The summed E-state index contributed by atoms with van der Waals surface area (Å²) >= 11 is 6.02. The normalized spacial score (nSPS) is 10.6. The van der Waals surface area contributed by atoms with Gasteiger partial charge in [0.25, 0.3) is 0 Å². The maximum atomic E-state index is 12.3. The van der Waals surface area contributed by atoms with E-state index in [4.69, 9.17) is 21.1 Å². The summed E-state index contributed by atoms with van der Waals surface area (Å²) in [7, 11) is 0. The molecule has 3 aromatic carbocycles. The quantitative estimate of drug-likeness (QED) is 0.172. The Bertz CT molecular complexity index is 1230. The number of nitrogens with one attached hydrogen (secondary N) is 2. The van der Waals surface area contributed by atoms with Gasteiger partial charge in [0.15, 0.2) is 11.5 Å². The van der Waals surface area contributed by atoms with Crippen LogP contribution in [0, 0.1) is 6.92 Å². The second-order valence-corrected chi connectivity index (χ2v) is 7.42. The Kier molecular flexibility index (Phi) is 8.37. The van der Waals surface area contributed by atoms with Gasteiger partial charge >= 0.3 is 17.8 Å². The summed E-state index contributed by atoms with van der Waals surface area (Å²) in [6.45, 7) is 3.96. The number of carbonyl (C=O) groups excluding carboxylic acids is 3. The summed E-state index contributed by atoms with van der Waals surface area (Å²) in [5, 5.41) is 6.72. The second-order valence-electron chi connectivity index (χ2n) is 7.01. The van der Waals surface area contributed by atoms with Crippen LogP contribution < -0.4 is 20.2 Å². The standard InChI is InChI=1S/C25H22ClN3O5/c1-3-33-22-13-17(10-12-21(22)34-25(32)18-7-5-4-6-8-18)15-27-29-24(31)23(30)28-19-11-9-16(2)20(26)14-19/h4-15H,3H2,1-2H3,(H,28,30)(H,29,31)/b27-15+. The zero-order valence-electron chi connectivity index (χ0n) is 18.5. The average molecular weight is 480 g/mol. The molecule has 2 N–H and O–H groups in total. The van der Waals surface area contributed by atoms with Crippen molar-refractivity contribution in [2.24, 2.45) is 5.10 Å². The molecule has 34 heavy (non-hydrogen) atoms. The number of aryl methyl sites for hydroxylation is 1. The molecule has 0 spiro atoms. The highest BCUT2D eigenvalue weighted by molar-refractivity contribution is 6.39. The Labute approximate surface area is 201 Å². The van der Waals surface area contributed by atoms with E-state index in [2.05, 4.69) is 15.8 Å². The number of carbonyl (C=O) groups is 3. The number of anilines is 1. The Balaban J connectivity index is 1.62. The SMILES string of the molecule is CCOc1cc(/C=N/NC(=O)C(=O)Nc2ccc(C)c(Cl)c2)ccc1OC(=O)c1ccccc1. The van der Waals surface area contributed by atoms with Gasteiger partial charge < -0.3 is 14.8 Å². The smallest absolute Gasteiger partial charge is 0.343 e. The number of hydrogen-bond acceptors (Lipinski definition) is 6. The van der Waals surface area contributed by atoms with Crippen LogP contribution in [-0.4, -0.2) is 30.6 Å². The number of hydrogen-bond donors (Lipinski definition) is 2. The third kappa shape index (κ3) is 6.66. The van der Waals surface area contributed by atoms with Crippen LogP contribution in [0.4, 0.5) is 5.69 Å². The van der Waals surface area contributed by atoms with Crippen molar-refractivity contribution in [2.45, 2.75) is 13.8 Å². The van der Waals surface area contributed by atoms with Crippen LogP contribution in [0.25, 0.3) is 0 Å². The fraction of sp³-hybridized carbons (Fsp3) is 0.120. The fourth-order valence-corrected chi connectivity index (χ4v) is 2.95. The summed E-state index contributed by atoms with van der Waals surface area (Å²) in [5.74, 6) is -1.79. The number of esters is 1.